The second-order valence-corrected chi connectivity index (χ2v) is 9.85. The minimum atomic E-state index is -1.55. The predicted octanol–water partition coefficient (Wildman–Crippen LogP) is 2.95. The Kier molecular flexibility index (Phi) is 6.07. The largest absolute Gasteiger partial charge is 0.480 e. The van der Waals surface area contributed by atoms with Crippen LogP contribution in [0.3, 0.4) is 0 Å². The molecule has 1 spiro atoms. The van der Waals surface area contributed by atoms with Crippen LogP contribution in [0.2, 0.25) is 0 Å². The van der Waals surface area contributed by atoms with Crippen LogP contribution >= 0.6 is 0 Å². The van der Waals surface area contributed by atoms with Gasteiger partial charge >= 0.3 is 6.03 Å². The molecule has 4 amide bonds. The third-order valence-electron chi connectivity index (χ3n) is 7.60. The molecule has 0 radical (unpaired) electrons. The molecule has 38 heavy (non-hydrogen) atoms. The Morgan fingerprint density at radius 3 is 2.13 bits per heavy atom. The van der Waals surface area contributed by atoms with E-state index in [-0.39, 0.29) is 29.7 Å². The van der Waals surface area contributed by atoms with Gasteiger partial charge in [-0.3, -0.25) is 19.8 Å². The Morgan fingerprint density at radius 2 is 1.55 bits per heavy atom. The van der Waals surface area contributed by atoms with Gasteiger partial charge < -0.3 is 15.0 Å². The van der Waals surface area contributed by atoms with Crippen LogP contribution < -0.4 is 15.4 Å². The van der Waals surface area contributed by atoms with E-state index >= 15 is 0 Å². The number of rotatable bonds is 4. The van der Waals surface area contributed by atoms with Crippen molar-refractivity contribution in [3.05, 3.63) is 101 Å². The quantitative estimate of drug-likeness (QED) is 0.523. The van der Waals surface area contributed by atoms with E-state index in [1.807, 2.05) is 36.4 Å². The number of carbonyl (C=O) groups is 3. The highest BCUT2D eigenvalue weighted by Gasteiger charge is 2.55. The number of imide groups is 1. The smallest absolute Gasteiger partial charge is 0.322 e. The number of hydrogen-bond donors (Lipinski definition) is 2. The van der Waals surface area contributed by atoms with Crippen LogP contribution in [0.4, 0.5) is 9.18 Å². The number of halogens is 1. The molecule has 0 saturated carbocycles. The van der Waals surface area contributed by atoms with E-state index < -0.39 is 29.4 Å². The summed E-state index contributed by atoms with van der Waals surface area (Å²) in [6, 6.07) is 23.7. The highest BCUT2D eigenvalue weighted by molar-refractivity contribution is 6.08. The lowest BCUT2D eigenvalue weighted by Gasteiger charge is -2.42. The van der Waals surface area contributed by atoms with Gasteiger partial charge in [0.05, 0.1) is 6.04 Å². The van der Waals surface area contributed by atoms with Crippen LogP contribution in [0.25, 0.3) is 0 Å². The summed E-state index contributed by atoms with van der Waals surface area (Å²) in [4.78, 5) is 42.7. The minimum Gasteiger partial charge on any atom is -0.480 e. The number of fused-ring (bicyclic) bond motifs is 2. The molecular formula is C29H27FN4O4. The molecule has 2 saturated heterocycles. The van der Waals surface area contributed by atoms with Crippen LogP contribution in [-0.2, 0) is 15.1 Å². The van der Waals surface area contributed by atoms with Crippen LogP contribution in [-0.4, -0.2) is 59.9 Å². The van der Waals surface area contributed by atoms with Crippen molar-refractivity contribution in [2.24, 2.45) is 0 Å². The van der Waals surface area contributed by atoms with Gasteiger partial charge in [-0.1, -0.05) is 60.7 Å². The van der Waals surface area contributed by atoms with E-state index in [4.69, 9.17) is 4.74 Å². The van der Waals surface area contributed by atoms with Crippen LogP contribution in [0.1, 0.15) is 29.2 Å². The molecule has 2 fully saturated rings. The van der Waals surface area contributed by atoms with Crippen LogP contribution in [0.5, 0.6) is 5.75 Å². The van der Waals surface area contributed by atoms with Gasteiger partial charge in [0.1, 0.15) is 11.6 Å². The predicted molar refractivity (Wildman–Crippen MR) is 137 cm³/mol. The number of nitrogens with one attached hydrogen (secondary N) is 2. The first-order chi connectivity index (χ1) is 18.4. The number of nitrogens with zero attached hydrogens (tertiary/aromatic N) is 2. The summed E-state index contributed by atoms with van der Waals surface area (Å²) in [5.41, 5.74) is 1.02. The van der Waals surface area contributed by atoms with Gasteiger partial charge in [0, 0.05) is 38.2 Å². The lowest BCUT2D eigenvalue weighted by atomic mass is 9.81. The summed E-state index contributed by atoms with van der Waals surface area (Å²) in [7, 11) is 0. The zero-order chi connectivity index (χ0) is 26.3. The summed E-state index contributed by atoms with van der Waals surface area (Å²) in [6.07, 6.45) is -1.11. The second-order valence-electron chi connectivity index (χ2n) is 9.85. The zero-order valence-corrected chi connectivity index (χ0v) is 20.6. The van der Waals surface area contributed by atoms with E-state index in [1.165, 1.54) is 29.3 Å². The highest BCUT2D eigenvalue weighted by atomic mass is 19.1. The molecule has 3 aromatic carbocycles. The molecule has 9 heteroatoms. The van der Waals surface area contributed by atoms with Gasteiger partial charge in [0.2, 0.25) is 0 Å². The number of hydrogen-bond acceptors (Lipinski definition) is 5. The van der Waals surface area contributed by atoms with Gasteiger partial charge in [0.15, 0.2) is 11.6 Å². The normalized spacial score (nSPS) is 23.1. The van der Waals surface area contributed by atoms with Crippen molar-refractivity contribution in [1.29, 1.82) is 0 Å². The molecule has 3 aliphatic rings. The van der Waals surface area contributed by atoms with Crippen molar-refractivity contribution in [3.8, 4) is 5.75 Å². The molecule has 3 heterocycles. The first kappa shape index (κ1) is 24.1. The molecule has 3 aliphatic heterocycles. The van der Waals surface area contributed by atoms with Crippen molar-refractivity contribution in [2.45, 2.75) is 24.1 Å². The molecule has 2 N–H and O–H groups in total. The maximum absolute atomic E-state index is 14.1. The van der Waals surface area contributed by atoms with Crippen molar-refractivity contribution in [2.75, 3.05) is 26.2 Å². The third-order valence-corrected chi connectivity index (χ3v) is 7.60. The number of piperazine rings is 1. The van der Waals surface area contributed by atoms with Gasteiger partial charge in [-0.05, 0) is 29.3 Å². The molecule has 0 aromatic heterocycles. The van der Waals surface area contributed by atoms with Crippen LogP contribution in [0, 0.1) is 5.82 Å². The Morgan fingerprint density at radius 1 is 0.921 bits per heavy atom. The number of urea groups is 1. The first-order valence-electron chi connectivity index (χ1n) is 12.7. The van der Waals surface area contributed by atoms with E-state index in [0.29, 0.717) is 26.2 Å². The summed E-state index contributed by atoms with van der Waals surface area (Å²) >= 11 is 0. The number of carbonyl (C=O) groups excluding carboxylic acids is 3. The summed E-state index contributed by atoms with van der Waals surface area (Å²) < 4.78 is 20.1. The Labute approximate surface area is 219 Å². The van der Waals surface area contributed by atoms with Crippen molar-refractivity contribution in [1.82, 2.24) is 20.4 Å². The van der Waals surface area contributed by atoms with Gasteiger partial charge in [-0.25, -0.2) is 9.18 Å². The average Bonchev–Trinajstić information content (AvgIpc) is 3.22. The van der Waals surface area contributed by atoms with E-state index in [9.17, 15) is 18.8 Å². The Balaban J connectivity index is 1.21. The van der Waals surface area contributed by atoms with Crippen LogP contribution in [0.15, 0.2) is 78.9 Å². The van der Waals surface area contributed by atoms with Crippen molar-refractivity contribution in [3.63, 3.8) is 0 Å². The third kappa shape index (κ3) is 4.18. The molecule has 2 unspecified atom stereocenters. The lowest BCUT2D eigenvalue weighted by molar-refractivity contribution is -0.143. The van der Waals surface area contributed by atoms with E-state index in [0.717, 1.165) is 0 Å². The number of ether oxygens (including phenoxy) is 1. The number of amides is 4. The molecule has 2 atom stereocenters. The molecule has 3 aromatic rings. The minimum absolute atomic E-state index is 0.0584. The van der Waals surface area contributed by atoms with E-state index in [2.05, 4.69) is 39.8 Å². The zero-order valence-electron chi connectivity index (χ0n) is 20.6. The fourth-order valence-corrected chi connectivity index (χ4v) is 5.77. The molecule has 6 rings (SSSR count). The summed E-state index contributed by atoms with van der Waals surface area (Å²) in [5, 5.41) is 4.85. The highest BCUT2D eigenvalue weighted by Crippen LogP contribution is 2.42. The molecule has 0 bridgehead atoms. The van der Waals surface area contributed by atoms with E-state index in [1.54, 1.807) is 4.90 Å². The fourth-order valence-electron chi connectivity index (χ4n) is 5.77. The monoisotopic (exact) mass is 514 g/mol. The summed E-state index contributed by atoms with van der Waals surface area (Å²) in [5.74, 6) is -1.23. The average molecular weight is 515 g/mol. The molecule has 8 nitrogen and oxygen atoms in total. The maximum atomic E-state index is 14.1. The Bertz CT molecular complexity index is 1340. The SMILES string of the molecule is O=C1NC(=O)C2(CC(C(=O)N3CCN(C(c4ccccc4)c4ccccc4)CC3)Oc3ccc(F)cc32)N1. The topological polar surface area (TPSA) is 91.0 Å². The van der Waals surface area contributed by atoms with Gasteiger partial charge in [-0.2, -0.15) is 0 Å². The molecular weight excluding hydrogens is 487 g/mol. The maximum Gasteiger partial charge on any atom is 0.322 e. The summed E-state index contributed by atoms with van der Waals surface area (Å²) in [6.45, 7) is 2.27. The Hall–Kier alpha value is -4.24. The van der Waals surface area contributed by atoms with Gasteiger partial charge in [0.25, 0.3) is 11.8 Å². The second kappa shape index (κ2) is 9.57. The fraction of sp³-hybridized carbons (Fsp3) is 0.276. The van der Waals surface area contributed by atoms with Gasteiger partial charge in [-0.15, -0.1) is 0 Å². The lowest BCUT2D eigenvalue weighted by Crippen LogP contribution is -2.57. The molecule has 0 aliphatic carbocycles. The first-order valence-corrected chi connectivity index (χ1v) is 12.7. The standard InChI is InChI=1S/C29H27FN4O4/c30-21-11-12-23-22(17-21)29(27(36)31-28(37)32-29)18-24(38-23)26(35)34-15-13-33(14-16-34)25(19-7-3-1-4-8-19)20-9-5-2-6-10-20/h1-12,17,24-25H,13-16,18H2,(H2,31,32,36,37). The molecule has 194 valence electrons. The van der Waals surface area contributed by atoms with Crippen molar-refractivity contribution >= 4 is 17.8 Å². The number of benzene rings is 3. The van der Waals surface area contributed by atoms with Crippen molar-refractivity contribution < 1.29 is 23.5 Å².